The van der Waals surface area contributed by atoms with Gasteiger partial charge in [-0.1, -0.05) is 109 Å². The number of rotatable bonds is 11. The molecule has 0 unspecified atom stereocenters. The van der Waals surface area contributed by atoms with Gasteiger partial charge >= 0.3 is 0 Å². The van der Waals surface area contributed by atoms with Crippen molar-refractivity contribution >= 4 is 0 Å². The number of hydrogen-bond acceptors (Lipinski definition) is 4. The van der Waals surface area contributed by atoms with Crippen LogP contribution in [0.3, 0.4) is 0 Å². The van der Waals surface area contributed by atoms with Crippen molar-refractivity contribution in [3.63, 3.8) is 0 Å². The Hall–Kier alpha value is -7.04. The zero-order valence-electron chi connectivity index (χ0n) is 28.3. The minimum atomic E-state index is 0.670. The predicted molar refractivity (Wildman–Crippen MR) is 209 cm³/mol. The zero-order chi connectivity index (χ0) is 35.0. The zero-order valence-corrected chi connectivity index (χ0v) is 28.3. The highest BCUT2D eigenvalue weighted by Crippen LogP contribution is 2.35. The van der Waals surface area contributed by atoms with Crippen molar-refractivity contribution < 1.29 is 18.9 Å². The average Bonchev–Trinajstić information content (AvgIpc) is 3.20. The van der Waals surface area contributed by atoms with Crippen LogP contribution in [0.25, 0.3) is 33.4 Å². The fourth-order valence-electron chi connectivity index (χ4n) is 5.94. The summed E-state index contributed by atoms with van der Waals surface area (Å²) in [4.78, 5) is 0. The summed E-state index contributed by atoms with van der Waals surface area (Å²) in [6.07, 6.45) is 0. The van der Waals surface area contributed by atoms with E-state index in [0.717, 1.165) is 45.3 Å². The van der Waals surface area contributed by atoms with Crippen molar-refractivity contribution in [2.75, 3.05) is 0 Å². The van der Waals surface area contributed by atoms with Crippen molar-refractivity contribution in [2.24, 2.45) is 0 Å². The molecule has 8 aromatic rings. The summed E-state index contributed by atoms with van der Waals surface area (Å²) in [6, 6.07) is 68.2. The van der Waals surface area contributed by atoms with Gasteiger partial charge < -0.3 is 18.9 Å². The molecule has 52 heavy (non-hydrogen) atoms. The first-order valence-electron chi connectivity index (χ1n) is 17.1. The summed E-state index contributed by atoms with van der Waals surface area (Å²) < 4.78 is 24.7. The van der Waals surface area contributed by atoms with Gasteiger partial charge in [0.25, 0.3) is 0 Å². The van der Waals surface area contributed by atoms with Crippen LogP contribution in [0, 0.1) is 0 Å². The lowest BCUT2D eigenvalue weighted by atomic mass is 9.99. The van der Waals surface area contributed by atoms with Crippen molar-refractivity contribution in [3.05, 3.63) is 206 Å². The second-order valence-electron chi connectivity index (χ2n) is 12.2. The van der Waals surface area contributed by atoms with Crippen LogP contribution in [0.1, 0.15) is 0 Å². The van der Waals surface area contributed by atoms with E-state index in [4.69, 9.17) is 18.9 Å². The van der Waals surface area contributed by atoms with Gasteiger partial charge in [0, 0.05) is 6.07 Å². The average molecular weight is 675 g/mol. The molecule has 0 spiro atoms. The lowest BCUT2D eigenvalue weighted by Crippen LogP contribution is -1.89. The van der Waals surface area contributed by atoms with E-state index in [9.17, 15) is 0 Å². The Morgan fingerprint density at radius 2 is 0.442 bits per heavy atom. The molecule has 0 bridgehead atoms. The Bertz CT molecular complexity index is 2400. The summed E-state index contributed by atoms with van der Waals surface area (Å²) in [5.74, 6) is 5.81. The Morgan fingerprint density at radius 1 is 0.173 bits per heavy atom. The summed E-state index contributed by atoms with van der Waals surface area (Å²) in [7, 11) is 0. The van der Waals surface area contributed by atoms with Gasteiger partial charge in [-0.05, 0) is 124 Å². The van der Waals surface area contributed by atoms with E-state index in [1.807, 2.05) is 133 Å². The minimum Gasteiger partial charge on any atom is -0.457 e. The van der Waals surface area contributed by atoms with Gasteiger partial charge in [0.05, 0.1) is 0 Å². The lowest BCUT2D eigenvalue weighted by molar-refractivity contribution is 0.457. The standard InChI is InChI=1S/C48H34O4/c1-3-12-35(13-4-1)36-14-7-15-37(30-36)38-16-8-21-44(31-38)51-45-22-9-17-39(32-45)40-18-10-23-46(33-40)52-48-25-11-24-47(34-48)50-43-28-26-42(27-29-43)49-41-19-5-2-6-20-41/h1-34H. The largest absolute Gasteiger partial charge is 0.457 e. The van der Waals surface area contributed by atoms with Gasteiger partial charge in [0.2, 0.25) is 0 Å². The molecule has 0 heterocycles. The van der Waals surface area contributed by atoms with Gasteiger partial charge in [-0.25, -0.2) is 0 Å². The van der Waals surface area contributed by atoms with Crippen molar-refractivity contribution in [3.8, 4) is 79.4 Å². The maximum Gasteiger partial charge on any atom is 0.131 e. The molecule has 0 aliphatic rings. The molecule has 4 nitrogen and oxygen atoms in total. The molecule has 0 aliphatic carbocycles. The van der Waals surface area contributed by atoms with E-state index < -0.39 is 0 Å². The second kappa shape index (κ2) is 15.2. The number of benzene rings is 8. The molecule has 0 N–H and O–H groups in total. The molecule has 0 fully saturated rings. The van der Waals surface area contributed by atoms with Crippen LogP contribution < -0.4 is 18.9 Å². The monoisotopic (exact) mass is 674 g/mol. The molecular formula is C48H34O4. The first-order chi connectivity index (χ1) is 25.7. The molecule has 8 aromatic carbocycles. The third kappa shape index (κ3) is 8.05. The highest BCUT2D eigenvalue weighted by Gasteiger charge is 2.08. The summed E-state index contributed by atoms with van der Waals surface area (Å²) >= 11 is 0. The first kappa shape index (κ1) is 32.2. The van der Waals surface area contributed by atoms with E-state index in [1.165, 1.54) is 11.1 Å². The smallest absolute Gasteiger partial charge is 0.131 e. The maximum atomic E-state index is 6.39. The molecule has 0 saturated carbocycles. The minimum absolute atomic E-state index is 0.670. The molecule has 0 atom stereocenters. The van der Waals surface area contributed by atoms with Gasteiger partial charge in [-0.2, -0.15) is 0 Å². The molecule has 0 aromatic heterocycles. The third-order valence-corrected chi connectivity index (χ3v) is 8.45. The molecule has 4 heteroatoms. The van der Waals surface area contributed by atoms with E-state index in [0.29, 0.717) is 23.0 Å². The van der Waals surface area contributed by atoms with Crippen LogP contribution in [0.4, 0.5) is 0 Å². The van der Waals surface area contributed by atoms with E-state index in [2.05, 4.69) is 72.8 Å². The summed E-state index contributed by atoms with van der Waals surface area (Å²) in [5.41, 5.74) is 6.64. The Labute approximate surface area is 303 Å². The Morgan fingerprint density at radius 3 is 0.923 bits per heavy atom. The van der Waals surface area contributed by atoms with Crippen LogP contribution in [0.15, 0.2) is 206 Å². The molecule has 0 saturated heterocycles. The van der Waals surface area contributed by atoms with Gasteiger partial charge in [-0.3, -0.25) is 0 Å². The first-order valence-corrected chi connectivity index (χ1v) is 17.1. The van der Waals surface area contributed by atoms with Crippen molar-refractivity contribution in [1.82, 2.24) is 0 Å². The van der Waals surface area contributed by atoms with Crippen LogP contribution in [-0.4, -0.2) is 0 Å². The molecule has 0 radical (unpaired) electrons. The van der Waals surface area contributed by atoms with Crippen LogP contribution >= 0.6 is 0 Å². The third-order valence-electron chi connectivity index (χ3n) is 8.45. The second-order valence-corrected chi connectivity index (χ2v) is 12.2. The lowest BCUT2D eigenvalue weighted by Gasteiger charge is -2.12. The van der Waals surface area contributed by atoms with Crippen LogP contribution in [-0.2, 0) is 0 Å². The summed E-state index contributed by atoms with van der Waals surface area (Å²) in [5, 5.41) is 0. The topological polar surface area (TPSA) is 36.9 Å². The van der Waals surface area contributed by atoms with Gasteiger partial charge in [-0.15, -0.1) is 0 Å². The van der Waals surface area contributed by atoms with E-state index >= 15 is 0 Å². The quantitative estimate of drug-likeness (QED) is 0.137. The van der Waals surface area contributed by atoms with E-state index in [-0.39, 0.29) is 0 Å². The molecular weight excluding hydrogens is 641 g/mol. The molecule has 0 aliphatic heterocycles. The Balaban J connectivity index is 0.934. The highest BCUT2D eigenvalue weighted by molar-refractivity contribution is 5.74. The molecule has 0 amide bonds. The molecule has 250 valence electrons. The fourth-order valence-corrected chi connectivity index (χ4v) is 5.94. The normalized spacial score (nSPS) is 10.7. The maximum absolute atomic E-state index is 6.39. The van der Waals surface area contributed by atoms with Gasteiger partial charge in [0.15, 0.2) is 0 Å². The number of hydrogen-bond donors (Lipinski definition) is 0. The fraction of sp³-hybridized carbons (Fsp3) is 0. The molecule has 8 rings (SSSR count). The van der Waals surface area contributed by atoms with Crippen LogP contribution in [0.2, 0.25) is 0 Å². The number of para-hydroxylation sites is 1. The number of ether oxygens (including phenoxy) is 4. The van der Waals surface area contributed by atoms with E-state index in [1.54, 1.807) is 0 Å². The van der Waals surface area contributed by atoms with Crippen molar-refractivity contribution in [1.29, 1.82) is 0 Å². The van der Waals surface area contributed by atoms with Crippen LogP contribution in [0.5, 0.6) is 46.0 Å². The van der Waals surface area contributed by atoms with Crippen molar-refractivity contribution in [2.45, 2.75) is 0 Å². The SMILES string of the molecule is c1ccc(Oc2ccc(Oc3cccc(Oc4cccc(-c5cccc(Oc6cccc(-c7cccc(-c8ccccc8)c7)c6)c5)c4)c3)cc2)cc1. The predicted octanol–water partition coefficient (Wildman–Crippen LogP) is 13.9. The summed E-state index contributed by atoms with van der Waals surface area (Å²) in [6.45, 7) is 0. The Kier molecular flexibility index (Phi) is 9.43. The van der Waals surface area contributed by atoms with Gasteiger partial charge in [0.1, 0.15) is 46.0 Å². The highest BCUT2D eigenvalue weighted by atomic mass is 16.5.